The van der Waals surface area contributed by atoms with Crippen LogP contribution in [0.15, 0.2) is 0 Å². The summed E-state index contributed by atoms with van der Waals surface area (Å²) < 4.78 is 0. The number of hydrogen-bond donors (Lipinski definition) is 3. The van der Waals surface area contributed by atoms with Crippen LogP contribution in [0.5, 0.6) is 0 Å². The van der Waals surface area contributed by atoms with Gasteiger partial charge in [-0.25, -0.2) is 0 Å². The van der Waals surface area contributed by atoms with Gasteiger partial charge in [-0.05, 0) is 25.4 Å². The number of aliphatic hydroxyl groups excluding tert-OH is 1. The number of nitrogens with one attached hydrogen (secondary N) is 1. The fraction of sp³-hybridized carbons (Fsp3) is 1.00. The van der Waals surface area contributed by atoms with Gasteiger partial charge in [-0.2, -0.15) is 0 Å². The molecular formula is C6H14N2O. The average molecular weight is 130 g/mol. The molecule has 0 aromatic rings. The normalized spacial score (nSPS) is 36.7. The summed E-state index contributed by atoms with van der Waals surface area (Å²) in [5.74, 6) is 0.325. The van der Waals surface area contributed by atoms with E-state index in [4.69, 9.17) is 5.73 Å². The third-order valence-corrected chi connectivity index (χ3v) is 1.89. The molecule has 0 aromatic heterocycles. The predicted molar refractivity (Wildman–Crippen MR) is 36.0 cm³/mol. The molecule has 3 heteroatoms. The first-order valence-corrected chi connectivity index (χ1v) is 3.43. The molecule has 0 amide bonds. The van der Waals surface area contributed by atoms with Gasteiger partial charge in [0.15, 0.2) is 0 Å². The second-order valence-electron chi connectivity index (χ2n) is 2.56. The summed E-state index contributed by atoms with van der Waals surface area (Å²) in [6.45, 7) is 2.32. The fourth-order valence-electron chi connectivity index (χ4n) is 1.17. The molecule has 0 radical (unpaired) electrons. The number of aliphatic hydroxyl groups is 1. The molecule has 4 N–H and O–H groups in total. The summed E-state index contributed by atoms with van der Waals surface area (Å²) in [6.07, 6.45) is 0.793. The Morgan fingerprint density at radius 3 is 2.89 bits per heavy atom. The molecule has 0 saturated carbocycles. The molecule has 0 spiro atoms. The molecule has 1 fully saturated rings. The van der Waals surface area contributed by atoms with Crippen molar-refractivity contribution in [3.8, 4) is 0 Å². The fourth-order valence-corrected chi connectivity index (χ4v) is 1.17. The summed E-state index contributed by atoms with van der Waals surface area (Å²) in [7, 11) is 0. The molecule has 1 rings (SSSR count). The van der Waals surface area contributed by atoms with Gasteiger partial charge in [0.2, 0.25) is 0 Å². The number of rotatable bonds is 1. The highest BCUT2D eigenvalue weighted by Crippen LogP contribution is 2.09. The van der Waals surface area contributed by atoms with E-state index in [1.165, 1.54) is 0 Å². The number of piperidine rings is 1. The summed E-state index contributed by atoms with van der Waals surface area (Å²) in [4.78, 5) is 0. The minimum absolute atomic E-state index is 0.219. The lowest BCUT2D eigenvalue weighted by molar-refractivity contribution is 0.0863. The molecular weight excluding hydrogens is 116 g/mol. The Morgan fingerprint density at radius 2 is 2.44 bits per heavy atom. The largest absolute Gasteiger partial charge is 0.391 e. The highest BCUT2D eigenvalue weighted by Gasteiger charge is 2.20. The van der Waals surface area contributed by atoms with Crippen LogP contribution < -0.4 is 11.1 Å². The van der Waals surface area contributed by atoms with Crippen molar-refractivity contribution >= 4 is 0 Å². The van der Waals surface area contributed by atoms with Crippen molar-refractivity contribution in [3.63, 3.8) is 0 Å². The minimum atomic E-state index is -0.219. The van der Waals surface area contributed by atoms with Crippen molar-refractivity contribution in [1.82, 2.24) is 5.32 Å². The lowest BCUT2D eigenvalue weighted by Gasteiger charge is -2.26. The van der Waals surface area contributed by atoms with Crippen LogP contribution in [-0.2, 0) is 0 Å². The molecule has 0 aromatic carbocycles. The van der Waals surface area contributed by atoms with Crippen LogP contribution >= 0.6 is 0 Å². The maximum absolute atomic E-state index is 9.23. The monoisotopic (exact) mass is 130 g/mol. The van der Waals surface area contributed by atoms with Crippen LogP contribution in [0.25, 0.3) is 0 Å². The van der Waals surface area contributed by atoms with Gasteiger partial charge in [0.25, 0.3) is 0 Å². The lowest BCUT2D eigenvalue weighted by atomic mass is 9.96. The van der Waals surface area contributed by atoms with Crippen LogP contribution in [0.4, 0.5) is 0 Å². The van der Waals surface area contributed by atoms with Crippen LogP contribution in [0, 0.1) is 5.92 Å². The van der Waals surface area contributed by atoms with E-state index >= 15 is 0 Å². The summed E-state index contributed by atoms with van der Waals surface area (Å²) in [5.41, 5.74) is 5.41. The Balaban J connectivity index is 2.30. The molecule has 1 aliphatic heterocycles. The third-order valence-electron chi connectivity index (χ3n) is 1.89. The smallest absolute Gasteiger partial charge is 0.0705 e. The molecule has 3 nitrogen and oxygen atoms in total. The van der Waals surface area contributed by atoms with Gasteiger partial charge >= 0.3 is 0 Å². The second-order valence-corrected chi connectivity index (χ2v) is 2.56. The van der Waals surface area contributed by atoms with Crippen molar-refractivity contribution < 1.29 is 5.11 Å². The SMILES string of the molecule is NCC1CCNCC1O. The maximum Gasteiger partial charge on any atom is 0.0705 e. The van der Waals surface area contributed by atoms with Gasteiger partial charge in [-0.15, -0.1) is 0 Å². The highest BCUT2D eigenvalue weighted by atomic mass is 16.3. The molecule has 54 valence electrons. The van der Waals surface area contributed by atoms with Crippen LogP contribution in [0.2, 0.25) is 0 Å². The Hall–Kier alpha value is -0.120. The van der Waals surface area contributed by atoms with Crippen LogP contribution in [0.3, 0.4) is 0 Å². The zero-order valence-corrected chi connectivity index (χ0v) is 5.51. The average Bonchev–Trinajstić information content (AvgIpc) is 1.89. The van der Waals surface area contributed by atoms with Gasteiger partial charge in [-0.1, -0.05) is 0 Å². The number of hydrogen-bond acceptors (Lipinski definition) is 3. The number of nitrogens with two attached hydrogens (primary N) is 1. The van der Waals surface area contributed by atoms with Gasteiger partial charge in [0, 0.05) is 6.54 Å². The van der Waals surface area contributed by atoms with Gasteiger partial charge < -0.3 is 16.2 Å². The zero-order chi connectivity index (χ0) is 6.69. The van der Waals surface area contributed by atoms with Crippen molar-refractivity contribution in [3.05, 3.63) is 0 Å². The van der Waals surface area contributed by atoms with Gasteiger partial charge in [-0.3, -0.25) is 0 Å². The lowest BCUT2D eigenvalue weighted by Crippen LogP contribution is -2.43. The first-order chi connectivity index (χ1) is 4.34. The molecule has 2 unspecified atom stereocenters. The van der Waals surface area contributed by atoms with E-state index in [-0.39, 0.29) is 6.10 Å². The number of β-amino-alcohol motifs (C(OH)–C–C–N with tert-alkyl or cyclic N) is 1. The van der Waals surface area contributed by atoms with Crippen LogP contribution in [0.1, 0.15) is 6.42 Å². The Kier molecular flexibility index (Phi) is 2.45. The molecule has 1 aliphatic rings. The second kappa shape index (κ2) is 3.15. The molecule has 2 atom stereocenters. The predicted octanol–water partition coefficient (Wildman–Crippen LogP) is -1.08. The maximum atomic E-state index is 9.23. The quantitative estimate of drug-likeness (QED) is 0.423. The summed E-state index contributed by atoms with van der Waals surface area (Å²) in [6, 6.07) is 0. The summed E-state index contributed by atoms with van der Waals surface area (Å²) in [5, 5.41) is 12.3. The van der Waals surface area contributed by atoms with E-state index < -0.39 is 0 Å². The molecule has 1 heterocycles. The first kappa shape index (κ1) is 6.99. The van der Waals surface area contributed by atoms with E-state index in [0.717, 1.165) is 13.0 Å². The topological polar surface area (TPSA) is 58.3 Å². The van der Waals surface area contributed by atoms with E-state index in [9.17, 15) is 5.11 Å². The van der Waals surface area contributed by atoms with E-state index in [1.54, 1.807) is 0 Å². The van der Waals surface area contributed by atoms with Crippen molar-refractivity contribution in [2.45, 2.75) is 12.5 Å². The standard InChI is InChI=1S/C6H14N2O/c7-3-5-1-2-8-4-6(5)9/h5-6,8-9H,1-4,7H2. The van der Waals surface area contributed by atoms with Crippen LogP contribution in [-0.4, -0.2) is 30.8 Å². The first-order valence-electron chi connectivity index (χ1n) is 3.43. The van der Waals surface area contributed by atoms with E-state index in [2.05, 4.69) is 5.32 Å². The highest BCUT2D eigenvalue weighted by molar-refractivity contribution is 4.77. The molecule has 0 aliphatic carbocycles. The molecule has 9 heavy (non-hydrogen) atoms. The van der Waals surface area contributed by atoms with Gasteiger partial charge in [0.1, 0.15) is 0 Å². The van der Waals surface area contributed by atoms with Crippen molar-refractivity contribution in [1.29, 1.82) is 0 Å². The Bertz CT molecular complexity index is 87.1. The van der Waals surface area contributed by atoms with Gasteiger partial charge in [0.05, 0.1) is 6.10 Å². The minimum Gasteiger partial charge on any atom is -0.391 e. The van der Waals surface area contributed by atoms with Crippen molar-refractivity contribution in [2.75, 3.05) is 19.6 Å². The third kappa shape index (κ3) is 1.64. The molecule has 1 saturated heterocycles. The Labute approximate surface area is 55.2 Å². The Morgan fingerprint density at radius 1 is 1.67 bits per heavy atom. The molecule has 0 bridgehead atoms. The zero-order valence-electron chi connectivity index (χ0n) is 5.51. The van der Waals surface area contributed by atoms with Crippen molar-refractivity contribution in [2.24, 2.45) is 11.7 Å². The van der Waals surface area contributed by atoms with E-state index in [1.807, 2.05) is 0 Å². The van der Waals surface area contributed by atoms with E-state index in [0.29, 0.717) is 19.0 Å². The summed E-state index contributed by atoms with van der Waals surface area (Å²) >= 11 is 0.